The number of carbonyl (C=O) groups excluding carboxylic acids is 4. The highest BCUT2D eigenvalue weighted by Crippen LogP contribution is 2.45. The molecule has 0 aliphatic rings. The number of esters is 4. The van der Waals surface area contributed by atoms with Gasteiger partial charge in [0, 0.05) is 25.7 Å². The van der Waals surface area contributed by atoms with E-state index in [0.29, 0.717) is 25.7 Å². The number of aliphatic hydroxyl groups is 1. The zero-order chi connectivity index (χ0) is 84.5. The van der Waals surface area contributed by atoms with E-state index < -0.39 is 97.5 Å². The van der Waals surface area contributed by atoms with Crippen molar-refractivity contribution in [3.63, 3.8) is 0 Å². The highest BCUT2D eigenvalue weighted by atomic mass is 31.2. The van der Waals surface area contributed by atoms with Gasteiger partial charge in [-0.15, -0.1) is 0 Å². The summed E-state index contributed by atoms with van der Waals surface area (Å²) in [5, 5.41) is 10.7. The predicted octanol–water partition coefficient (Wildman–Crippen LogP) is 29.8. The van der Waals surface area contributed by atoms with Crippen LogP contribution in [0.4, 0.5) is 0 Å². The van der Waals surface area contributed by atoms with Crippen LogP contribution in [0.5, 0.6) is 0 Å². The molecule has 0 aromatic heterocycles. The average molecular weight is 1680 g/mol. The fourth-order valence-electron chi connectivity index (χ4n) is 15.0. The Hall–Kier alpha value is -1.94. The Morgan fingerprint density at radius 2 is 0.417 bits per heavy atom. The minimum Gasteiger partial charge on any atom is -0.462 e. The summed E-state index contributed by atoms with van der Waals surface area (Å²) in [6, 6.07) is 0. The van der Waals surface area contributed by atoms with Gasteiger partial charge in [0.1, 0.15) is 19.3 Å². The lowest BCUT2D eigenvalue weighted by atomic mass is 9.99. The number of aliphatic hydroxyl groups excluding tert-OH is 1. The molecule has 8 atom stereocenters. The molecule has 0 bridgehead atoms. The third-order valence-electron chi connectivity index (χ3n) is 23.7. The standard InChI is InChI=1S/C96H188O17P2/c1-9-87(6)73-65-57-49-41-35-29-23-16-12-14-18-25-31-37-43-52-60-68-76-93(98)106-82-91(112-95(100)78-70-62-54-44-38-32-26-19-15-13-17-24-30-36-42-50-58-66-74-88(7)10-2)84-110-114(102,103)108-80-90(97)81-109-115(104,105)111-85-92(83-107-94(99)77-69-61-53-47-46-51-59-67-75-89(8)11-3)113-96(101)79-71-63-55-45-39-33-27-21-20-22-28-34-40-48-56-64-72-86(4)5/h86-92,97H,9-85H2,1-8H3,(H,102,103)(H,104,105)/t87?,88?,89?,90-,91-,92-/m1/s1. The van der Waals surface area contributed by atoms with Crippen LogP contribution in [-0.4, -0.2) is 96.7 Å². The van der Waals surface area contributed by atoms with Gasteiger partial charge in [-0.25, -0.2) is 9.13 Å². The monoisotopic (exact) mass is 1680 g/mol. The summed E-state index contributed by atoms with van der Waals surface area (Å²) in [7, 11) is -9.95. The highest BCUT2D eigenvalue weighted by molar-refractivity contribution is 7.47. The van der Waals surface area contributed by atoms with E-state index in [0.717, 1.165) is 114 Å². The van der Waals surface area contributed by atoms with Gasteiger partial charge in [-0.2, -0.15) is 0 Å². The average Bonchev–Trinajstić information content (AvgIpc) is 0.896. The summed E-state index contributed by atoms with van der Waals surface area (Å²) in [6.45, 7) is 14.5. The van der Waals surface area contributed by atoms with Crippen LogP contribution in [0.2, 0.25) is 0 Å². The zero-order valence-electron chi connectivity index (χ0n) is 76.4. The van der Waals surface area contributed by atoms with Crippen LogP contribution in [0.3, 0.4) is 0 Å². The Morgan fingerprint density at radius 3 is 0.617 bits per heavy atom. The zero-order valence-corrected chi connectivity index (χ0v) is 78.2. The van der Waals surface area contributed by atoms with E-state index in [1.807, 2.05) is 0 Å². The molecule has 0 saturated carbocycles. The summed E-state index contributed by atoms with van der Waals surface area (Å²) in [4.78, 5) is 73.6. The van der Waals surface area contributed by atoms with E-state index >= 15 is 0 Å². The number of rotatable bonds is 93. The number of unbranched alkanes of at least 4 members (excludes halogenated alkanes) is 56. The van der Waals surface area contributed by atoms with E-state index in [-0.39, 0.29) is 25.7 Å². The second-order valence-electron chi connectivity index (χ2n) is 35.7. The van der Waals surface area contributed by atoms with E-state index in [1.165, 1.54) is 315 Å². The van der Waals surface area contributed by atoms with E-state index in [4.69, 9.17) is 37.0 Å². The molecule has 0 radical (unpaired) electrons. The Balaban J connectivity index is 5.25. The minimum atomic E-state index is -4.97. The molecule has 17 nitrogen and oxygen atoms in total. The third kappa shape index (κ3) is 85.4. The van der Waals surface area contributed by atoms with Crippen molar-refractivity contribution in [2.45, 2.75) is 530 Å². The molecular weight excluding hydrogens is 1490 g/mol. The van der Waals surface area contributed by atoms with Crippen molar-refractivity contribution in [2.75, 3.05) is 39.6 Å². The minimum absolute atomic E-state index is 0.108. The lowest BCUT2D eigenvalue weighted by Gasteiger charge is -2.21. The SMILES string of the molecule is CCC(C)CCCCCCCCCCCCCCCCCCCCC(=O)OC[C@H](COP(=O)(O)OC[C@@H](O)COP(=O)(O)OC[C@@H](COC(=O)CCCCCCCCCCC(C)CC)OC(=O)CCCCCCCCCCCCCCCCCCC(C)C)OC(=O)CCCCCCCCCCCCCCCCCCCCC(C)CC. The van der Waals surface area contributed by atoms with Crippen LogP contribution in [0, 0.1) is 23.7 Å². The van der Waals surface area contributed by atoms with Crippen LogP contribution in [0.15, 0.2) is 0 Å². The first kappa shape index (κ1) is 113. The summed E-state index contributed by atoms with van der Waals surface area (Å²) >= 11 is 0. The molecule has 3 N–H and O–H groups in total. The van der Waals surface area contributed by atoms with Crippen molar-refractivity contribution in [1.29, 1.82) is 0 Å². The molecule has 0 amide bonds. The van der Waals surface area contributed by atoms with Crippen molar-refractivity contribution >= 4 is 39.5 Å². The van der Waals surface area contributed by atoms with Gasteiger partial charge >= 0.3 is 39.5 Å². The van der Waals surface area contributed by atoms with Gasteiger partial charge in [0.2, 0.25) is 0 Å². The molecule has 115 heavy (non-hydrogen) atoms. The van der Waals surface area contributed by atoms with Crippen molar-refractivity contribution in [3.05, 3.63) is 0 Å². The second-order valence-corrected chi connectivity index (χ2v) is 38.6. The second kappa shape index (κ2) is 84.3. The normalized spacial score (nSPS) is 14.5. The van der Waals surface area contributed by atoms with Crippen LogP contribution in [0.1, 0.15) is 511 Å². The molecule has 0 aromatic rings. The molecule has 0 aromatic carbocycles. The third-order valence-corrected chi connectivity index (χ3v) is 25.6. The first-order valence-corrected chi connectivity index (χ1v) is 52.3. The first-order valence-electron chi connectivity index (χ1n) is 49.3. The summed E-state index contributed by atoms with van der Waals surface area (Å²) < 4.78 is 69.2. The lowest BCUT2D eigenvalue weighted by Crippen LogP contribution is -2.30. The molecule has 19 heteroatoms. The van der Waals surface area contributed by atoms with Crippen molar-refractivity contribution in [3.8, 4) is 0 Å². The quantitative estimate of drug-likeness (QED) is 0.0222. The van der Waals surface area contributed by atoms with E-state index in [1.54, 1.807) is 0 Å². The summed E-state index contributed by atoms with van der Waals surface area (Å²) in [5.74, 6) is 1.24. The van der Waals surface area contributed by atoms with Crippen LogP contribution >= 0.6 is 15.6 Å². The molecular formula is C96H188O17P2. The van der Waals surface area contributed by atoms with Gasteiger partial charge < -0.3 is 33.8 Å². The summed E-state index contributed by atoms with van der Waals surface area (Å²) in [5.41, 5.74) is 0. The van der Waals surface area contributed by atoms with Crippen molar-refractivity contribution < 1.29 is 80.2 Å². The molecule has 0 saturated heterocycles. The van der Waals surface area contributed by atoms with Gasteiger partial charge in [-0.05, 0) is 49.4 Å². The number of hydrogen-bond acceptors (Lipinski definition) is 15. The number of ether oxygens (including phenoxy) is 4. The predicted molar refractivity (Wildman–Crippen MR) is 478 cm³/mol. The fourth-order valence-corrected chi connectivity index (χ4v) is 16.6. The molecule has 684 valence electrons. The number of phosphoric acid groups is 2. The van der Waals surface area contributed by atoms with Gasteiger partial charge in [-0.1, -0.05) is 460 Å². The molecule has 0 aliphatic carbocycles. The molecule has 5 unspecified atom stereocenters. The Kier molecular flexibility index (Phi) is 82.9. The first-order chi connectivity index (χ1) is 55.7. The Labute approximate surface area is 708 Å². The molecule has 0 rings (SSSR count). The smallest absolute Gasteiger partial charge is 0.462 e. The lowest BCUT2D eigenvalue weighted by molar-refractivity contribution is -0.161. The Morgan fingerprint density at radius 1 is 0.243 bits per heavy atom. The largest absolute Gasteiger partial charge is 0.472 e. The van der Waals surface area contributed by atoms with Gasteiger partial charge in [0.15, 0.2) is 12.2 Å². The molecule has 0 fully saturated rings. The van der Waals surface area contributed by atoms with Crippen LogP contribution in [-0.2, 0) is 65.4 Å². The Bertz CT molecular complexity index is 2220. The fraction of sp³-hybridized carbons (Fsp3) is 0.958. The number of carbonyl (C=O) groups is 4. The topological polar surface area (TPSA) is 237 Å². The molecule has 0 aliphatic heterocycles. The van der Waals surface area contributed by atoms with E-state index in [9.17, 15) is 43.2 Å². The van der Waals surface area contributed by atoms with Gasteiger partial charge in [-0.3, -0.25) is 37.3 Å². The number of phosphoric ester groups is 2. The summed E-state index contributed by atoms with van der Waals surface area (Å²) in [6.07, 6.45) is 77.8. The van der Waals surface area contributed by atoms with E-state index in [2.05, 4.69) is 55.4 Å². The highest BCUT2D eigenvalue weighted by Gasteiger charge is 2.31. The van der Waals surface area contributed by atoms with Crippen molar-refractivity contribution in [1.82, 2.24) is 0 Å². The maximum absolute atomic E-state index is 13.2. The maximum atomic E-state index is 13.2. The maximum Gasteiger partial charge on any atom is 0.472 e. The van der Waals surface area contributed by atoms with Gasteiger partial charge in [0.25, 0.3) is 0 Å². The van der Waals surface area contributed by atoms with Crippen LogP contribution < -0.4 is 0 Å². The van der Waals surface area contributed by atoms with Crippen LogP contribution in [0.25, 0.3) is 0 Å². The van der Waals surface area contributed by atoms with Crippen molar-refractivity contribution in [2.24, 2.45) is 23.7 Å². The number of hydrogen-bond donors (Lipinski definition) is 3. The molecule has 0 spiro atoms. The molecule has 0 heterocycles. The van der Waals surface area contributed by atoms with Gasteiger partial charge in [0.05, 0.1) is 26.4 Å².